The lowest BCUT2D eigenvalue weighted by Crippen LogP contribution is -1.94. The molecule has 0 saturated carbocycles. The Labute approximate surface area is 80.4 Å². The number of nitrogens with zero attached hydrogens (tertiary/aromatic N) is 1. The van der Waals surface area contributed by atoms with Gasteiger partial charge in [0, 0.05) is 17.7 Å². The second kappa shape index (κ2) is 3.26. The van der Waals surface area contributed by atoms with E-state index in [-0.39, 0.29) is 11.8 Å². The summed E-state index contributed by atoms with van der Waals surface area (Å²) < 4.78 is 10.1. The summed E-state index contributed by atoms with van der Waals surface area (Å²) in [6, 6.07) is 4.51. The second-order valence-electron chi connectivity index (χ2n) is 3.01. The van der Waals surface area contributed by atoms with Crippen LogP contribution in [-0.4, -0.2) is 18.6 Å². The van der Waals surface area contributed by atoms with Crippen LogP contribution in [0.5, 0.6) is 5.75 Å². The van der Waals surface area contributed by atoms with Crippen molar-refractivity contribution in [3.8, 4) is 5.75 Å². The van der Waals surface area contributed by atoms with Crippen molar-refractivity contribution in [1.82, 2.24) is 0 Å². The highest BCUT2D eigenvalue weighted by atomic mass is 16.6. The summed E-state index contributed by atoms with van der Waals surface area (Å²) in [4.78, 5) is 10.1. The Hall–Kier alpha value is -1.62. The van der Waals surface area contributed by atoms with Gasteiger partial charge in [0.15, 0.2) is 0 Å². The fraction of sp³-hybridized carbons (Fsp3) is 0.333. The molecule has 0 bridgehead atoms. The number of epoxide rings is 1. The normalized spacial score (nSPS) is 19.1. The average molecular weight is 195 g/mol. The summed E-state index contributed by atoms with van der Waals surface area (Å²) in [5.41, 5.74) is 0.818. The summed E-state index contributed by atoms with van der Waals surface area (Å²) in [5.74, 6) is 0.637. The minimum atomic E-state index is -0.425. The molecule has 1 heterocycles. The average Bonchev–Trinajstić information content (AvgIpc) is 3.00. The molecule has 0 amide bonds. The van der Waals surface area contributed by atoms with Gasteiger partial charge in [-0.05, 0) is 6.07 Å². The summed E-state index contributed by atoms with van der Waals surface area (Å²) in [7, 11) is 1.53. The van der Waals surface area contributed by atoms with Gasteiger partial charge in [-0.3, -0.25) is 10.1 Å². The summed E-state index contributed by atoms with van der Waals surface area (Å²) in [6.45, 7) is 0.609. The molecule has 0 N–H and O–H groups in total. The molecule has 74 valence electrons. The third-order valence-corrected chi connectivity index (χ3v) is 2.10. The molecular formula is C9H9NO4. The molecule has 0 radical (unpaired) electrons. The van der Waals surface area contributed by atoms with E-state index in [1.807, 2.05) is 0 Å². The van der Waals surface area contributed by atoms with Gasteiger partial charge < -0.3 is 9.47 Å². The predicted octanol–water partition coefficient (Wildman–Crippen LogP) is 1.67. The number of hydrogen-bond acceptors (Lipinski definition) is 4. The fourth-order valence-electron chi connectivity index (χ4n) is 1.31. The van der Waals surface area contributed by atoms with Crippen LogP contribution in [-0.2, 0) is 4.74 Å². The van der Waals surface area contributed by atoms with Gasteiger partial charge >= 0.3 is 0 Å². The third kappa shape index (κ3) is 1.54. The lowest BCUT2D eigenvalue weighted by molar-refractivity contribution is -0.385. The molecule has 1 aliphatic rings. The SMILES string of the molecule is COc1ccc([N+](=O)[O-])cc1[C@H]1CO1. The molecule has 14 heavy (non-hydrogen) atoms. The fourth-order valence-corrected chi connectivity index (χ4v) is 1.31. The molecule has 0 spiro atoms. The number of nitro benzene ring substituents is 1. The Kier molecular flexibility index (Phi) is 2.09. The number of methoxy groups -OCH3 is 1. The maximum absolute atomic E-state index is 10.5. The molecule has 5 heteroatoms. The molecular weight excluding hydrogens is 186 g/mol. The lowest BCUT2D eigenvalue weighted by atomic mass is 10.1. The first-order valence-electron chi connectivity index (χ1n) is 4.16. The maximum atomic E-state index is 10.5. The quantitative estimate of drug-likeness (QED) is 0.418. The van der Waals surface area contributed by atoms with Gasteiger partial charge in [-0.1, -0.05) is 0 Å². The van der Waals surface area contributed by atoms with Gasteiger partial charge in [-0.15, -0.1) is 0 Å². The summed E-state index contributed by atoms with van der Waals surface area (Å²) in [5, 5.41) is 10.5. The standard InChI is InChI=1S/C9H9NO4/c1-13-8-3-2-6(10(11)12)4-7(8)9-5-14-9/h2-4,9H,5H2,1H3/t9-/m1/s1. The predicted molar refractivity (Wildman–Crippen MR) is 48.3 cm³/mol. The minimum Gasteiger partial charge on any atom is -0.496 e. The number of ether oxygens (including phenoxy) is 2. The van der Waals surface area contributed by atoms with Crippen LogP contribution in [0.1, 0.15) is 11.7 Å². The Balaban J connectivity index is 2.41. The van der Waals surface area contributed by atoms with Gasteiger partial charge in [0.05, 0.1) is 18.6 Å². The first kappa shape index (κ1) is 8.96. The Morgan fingerprint density at radius 1 is 1.64 bits per heavy atom. The topological polar surface area (TPSA) is 64.9 Å². The van der Waals surface area contributed by atoms with Crippen LogP contribution in [0.15, 0.2) is 18.2 Å². The van der Waals surface area contributed by atoms with E-state index in [0.29, 0.717) is 12.4 Å². The molecule has 1 aliphatic heterocycles. The van der Waals surface area contributed by atoms with Crippen molar-refractivity contribution in [2.45, 2.75) is 6.10 Å². The van der Waals surface area contributed by atoms with Crippen LogP contribution in [0.4, 0.5) is 5.69 Å². The molecule has 0 aliphatic carbocycles. The molecule has 1 fully saturated rings. The van der Waals surface area contributed by atoms with E-state index < -0.39 is 4.92 Å². The molecule has 0 unspecified atom stereocenters. The summed E-state index contributed by atoms with van der Waals surface area (Å²) in [6.07, 6.45) is -0.0372. The Morgan fingerprint density at radius 2 is 2.36 bits per heavy atom. The van der Waals surface area contributed by atoms with Crippen molar-refractivity contribution in [2.24, 2.45) is 0 Å². The van der Waals surface area contributed by atoms with E-state index >= 15 is 0 Å². The zero-order chi connectivity index (χ0) is 10.1. The Bertz CT molecular complexity index is 373. The lowest BCUT2D eigenvalue weighted by Gasteiger charge is -2.04. The molecule has 1 saturated heterocycles. The zero-order valence-corrected chi connectivity index (χ0v) is 7.60. The van der Waals surface area contributed by atoms with Crippen LogP contribution < -0.4 is 4.74 Å². The van der Waals surface area contributed by atoms with Gasteiger partial charge in [0.2, 0.25) is 0 Å². The number of rotatable bonds is 3. The van der Waals surface area contributed by atoms with Gasteiger partial charge in [-0.25, -0.2) is 0 Å². The number of non-ortho nitro benzene ring substituents is 1. The van der Waals surface area contributed by atoms with Crippen molar-refractivity contribution in [1.29, 1.82) is 0 Å². The van der Waals surface area contributed by atoms with E-state index in [2.05, 4.69) is 0 Å². The van der Waals surface area contributed by atoms with Crippen molar-refractivity contribution in [3.05, 3.63) is 33.9 Å². The number of hydrogen-bond donors (Lipinski definition) is 0. The van der Waals surface area contributed by atoms with Gasteiger partial charge in [-0.2, -0.15) is 0 Å². The molecule has 1 atom stereocenters. The monoisotopic (exact) mass is 195 g/mol. The molecule has 1 aromatic rings. The molecule has 0 aromatic heterocycles. The largest absolute Gasteiger partial charge is 0.496 e. The van der Waals surface area contributed by atoms with E-state index in [1.54, 1.807) is 6.07 Å². The second-order valence-corrected chi connectivity index (χ2v) is 3.01. The number of nitro groups is 1. The first-order valence-corrected chi connectivity index (χ1v) is 4.16. The molecule has 2 rings (SSSR count). The van der Waals surface area contributed by atoms with Crippen LogP contribution in [0.2, 0.25) is 0 Å². The Morgan fingerprint density at radius 3 is 2.86 bits per heavy atom. The number of benzene rings is 1. The van der Waals surface area contributed by atoms with E-state index in [9.17, 15) is 10.1 Å². The highest BCUT2D eigenvalue weighted by Gasteiger charge is 2.29. The highest BCUT2D eigenvalue weighted by molar-refractivity contribution is 5.45. The third-order valence-electron chi connectivity index (χ3n) is 2.10. The van der Waals surface area contributed by atoms with Crippen molar-refractivity contribution >= 4 is 5.69 Å². The van der Waals surface area contributed by atoms with Gasteiger partial charge in [0.25, 0.3) is 5.69 Å². The zero-order valence-electron chi connectivity index (χ0n) is 7.60. The summed E-state index contributed by atoms with van der Waals surface area (Å²) >= 11 is 0. The first-order chi connectivity index (χ1) is 6.72. The van der Waals surface area contributed by atoms with E-state index in [0.717, 1.165) is 5.56 Å². The van der Waals surface area contributed by atoms with E-state index in [1.165, 1.54) is 19.2 Å². The smallest absolute Gasteiger partial charge is 0.270 e. The van der Waals surface area contributed by atoms with Crippen LogP contribution in [0.25, 0.3) is 0 Å². The van der Waals surface area contributed by atoms with E-state index in [4.69, 9.17) is 9.47 Å². The highest BCUT2D eigenvalue weighted by Crippen LogP contribution is 2.38. The van der Waals surface area contributed by atoms with Gasteiger partial charge in [0.1, 0.15) is 11.9 Å². The van der Waals surface area contributed by atoms with Crippen molar-refractivity contribution < 1.29 is 14.4 Å². The van der Waals surface area contributed by atoms with Crippen LogP contribution >= 0.6 is 0 Å². The minimum absolute atomic E-state index is 0.0372. The van der Waals surface area contributed by atoms with Crippen molar-refractivity contribution in [2.75, 3.05) is 13.7 Å². The molecule has 5 nitrogen and oxygen atoms in total. The van der Waals surface area contributed by atoms with Crippen LogP contribution in [0, 0.1) is 10.1 Å². The maximum Gasteiger partial charge on any atom is 0.270 e. The van der Waals surface area contributed by atoms with Crippen LogP contribution in [0.3, 0.4) is 0 Å². The molecule has 1 aromatic carbocycles. The van der Waals surface area contributed by atoms with Crippen molar-refractivity contribution in [3.63, 3.8) is 0 Å².